The third-order valence-corrected chi connectivity index (χ3v) is 6.30. The van der Waals surface area contributed by atoms with Crippen molar-refractivity contribution in [2.24, 2.45) is 0 Å². The minimum absolute atomic E-state index is 0.114. The van der Waals surface area contributed by atoms with Crippen LogP contribution < -0.4 is 15.4 Å². The predicted octanol–water partition coefficient (Wildman–Crippen LogP) is 7.41. The molecular weight excluding hydrogens is 510 g/mol. The Hall–Kier alpha value is -4.69. The van der Waals surface area contributed by atoms with Gasteiger partial charge >= 0.3 is 0 Å². The molecule has 2 N–H and O–H groups in total. The van der Waals surface area contributed by atoms with Crippen LogP contribution in [0.5, 0.6) is 5.75 Å². The van der Waals surface area contributed by atoms with Gasteiger partial charge in [0.05, 0.1) is 12.8 Å². The molecule has 0 radical (unpaired) electrons. The average Bonchev–Trinajstić information content (AvgIpc) is 3.59. The van der Waals surface area contributed by atoms with Crippen molar-refractivity contribution in [1.82, 2.24) is 10.3 Å². The summed E-state index contributed by atoms with van der Waals surface area (Å²) in [4.78, 5) is 17.2. The third-order valence-electron chi connectivity index (χ3n) is 6.09. The van der Waals surface area contributed by atoms with Gasteiger partial charge in [0.2, 0.25) is 11.8 Å². The lowest BCUT2D eigenvalue weighted by molar-refractivity contribution is -0.115. The zero-order chi connectivity index (χ0) is 27.4. The summed E-state index contributed by atoms with van der Waals surface area (Å²) in [6.45, 7) is 4.28. The molecule has 5 rings (SSSR count). The standard InChI is InChI=1S/C31H27N3O4S/c1-19(2)21-9-14-28-25(17-21)32-30(38-28)22-10-13-27(36-3)24(18-22)33-31(39)34-29(35)16-12-23-11-15-26(37-23)20-7-5-4-6-8-20/h4-19H,1-3H3,(H2,33,34,35,39)/b16-12+. The third kappa shape index (κ3) is 6.08. The fourth-order valence-corrected chi connectivity index (χ4v) is 4.24. The van der Waals surface area contributed by atoms with E-state index in [1.165, 1.54) is 11.6 Å². The topological polar surface area (TPSA) is 89.5 Å². The molecule has 0 unspecified atom stereocenters. The van der Waals surface area contributed by atoms with Crippen molar-refractivity contribution in [2.75, 3.05) is 12.4 Å². The van der Waals surface area contributed by atoms with Crippen molar-refractivity contribution in [3.8, 4) is 28.5 Å². The van der Waals surface area contributed by atoms with E-state index in [1.54, 1.807) is 25.3 Å². The fourth-order valence-electron chi connectivity index (χ4n) is 4.03. The largest absolute Gasteiger partial charge is 0.495 e. The number of hydrogen-bond acceptors (Lipinski definition) is 6. The molecule has 2 aromatic heterocycles. The van der Waals surface area contributed by atoms with Gasteiger partial charge in [-0.3, -0.25) is 10.1 Å². The number of furan rings is 1. The molecule has 0 atom stereocenters. The van der Waals surface area contributed by atoms with Gasteiger partial charge in [-0.15, -0.1) is 0 Å². The van der Waals surface area contributed by atoms with Crippen molar-refractivity contribution >= 4 is 46.1 Å². The lowest BCUT2D eigenvalue weighted by atomic mass is 10.0. The number of nitrogens with one attached hydrogen (secondary N) is 2. The molecule has 0 spiro atoms. The van der Waals surface area contributed by atoms with E-state index < -0.39 is 5.91 Å². The summed E-state index contributed by atoms with van der Waals surface area (Å²) in [5, 5.41) is 5.79. The van der Waals surface area contributed by atoms with Gasteiger partial charge in [-0.05, 0) is 72.2 Å². The highest BCUT2D eigenvalue weighted by Gasteiger charge is 2.14. The van der Waals surface area contributed by atoms with Crippen molar-refractivity contribution < 1.29 is 18.4 Å². The molecule has 2 heterocycles. The molecule has 0 aliphatic heterocycles. The second-order valence-electron chi connectivity index (χ2n) is 9.16. The number of carbonyl (C=O) groups is 1. The fraction of sp³-hybridized carbons (Fsp3) is 0.129. The Morgan fingerprint density at radius 3 is 2.56 bits per heavy atom. The van der Waals surface area contributed by atoms with E-state index in [-0.39, 0.29) is 5.11 Å². The second-order valence-corrected chi connectivity index (χ2v) is 9.57. The second kappa shape index (κ2) is 11.4. The molecule has 0 fully saturated rings. The molecule has 39 heavy (non-hydrogen) atoms. The smallest absolute Gasteiger partial charge is 0.250 e. The van der Waals surface area contributed by atoms with Gasteiger partial charge in [0.1, 0.15) is 22.8 Å². The number of benzene rings is 3. The number of aromatic nitrogens is 1. The van der Waals surface area contributed by atoms with Gasteiger partial charge in [-0.25, -0.2) is 4.98 Å². The molecule has 0 aliphatic rings. The van der Waals surface area contributed by atoms with Crippen molar-refractivity contribution in [2.45, 2.75) is 19.8 Å². The van der Waals surface area contributed by atoms with E-state index in [9.17, 15) is 4.79 Å². The molecule has 0 saturated carbocycles. The van der Waals surface area contributed by atoms with Crippen LogP contribution in [0.1, 0.15) is 31.1 Å². The van der Waals surface area contributed by atoms with E-state index in [2.05, 4.69) is 29.5 Å². The van der Waals surface area contributed by atoms with Gasteiger partial charge in [0, 0.05) is 17.2 Å². The Kier molecular flexibility index (Phi) is 7.56. The van der Waals surface area contributed by atoms with Gasteiger partial charge in [0.15, 0.2) is 10.7 Å². The average molecular weight is 538 g/mol. The Balaban J connectivity index is 1.27. The summed E-state index contributed by atoms with van der Waals surface area (Å²) < 4.78 is 17.3. The summed E-state index contributed by atoms with van der Waals surface area (Å²) in [6, 6.07) is 24.9. The van der Waals surface area contributed by atoms with E-state index >= 15 is 0 Å². The Labute approximate surface area is 231 Å². The van der Waals surface area contributed by atoms with Gasteiger partial charge in [0.25, 0.3) is 0 Å². The highest BCUT2D eigenvalue weighted by Crippen LogP contribution is 2.32. The number of fused-ring (bicyclic) bond motifs is 1. The lowest BCUT2D eigenvalue weighted by Gasteiger charge is -2.13. The normalized spacial score (nSPS) is 11.3. The van der Waals surface area contributed by atoms with Crippen LogP contribution in [0.25, 0.3) is 40.0 Å². The first kappa shape index (κ1) is 25.9. The first-order chi connectivity index (χ1) is 18.9. The Morgan fingerprint density at radius 2 is 1.79 bits per heavy atom. The van der Waals surface area contributed by atoms with Crippen LogP contribution in [0.15, 0.2) is 93.8 Å². The number of carbonyl (C=O) groups excluding carboxylic acids is 1. The first-order valence-corrected chi connectivity index (χ1v) is 12.8. The molecule has 196 valence electrons. The number of hydrogen-bond donors (Lipinski definition) is 2. The maximum absolute atomic E-state index is 12.5. The van der Waals surface area contributed by atoms with Gasteiger partial charge in [-0.2, -0.15) is 0 Å². The molecule has 5 aromatic rings. The number of thiocarbonyl (C=S) groups is 1. The summed E-state index contributed by atoms with van der Waals surface area (Å²) >= 11 is 5.37. The number of methoxy groups -OCH3 is 1. The lowest BCUT2D eigenvalue weighted by Crippen LogP contribution is -2.32. The molecule has 8 heteroatoms. The van der Waals surface area contributed by atoms with Crippen LogP contribution in [-0.4, -0.2) is 23.1 Å². The predicted molar refractivity (Wildman–Crippen MR) is 158 cm³/mol. The summed E-state index contributed by atoms with van der Waals surface area (Å²) in [6.07, 6.45) is 2.95. The van der Waals surface area contributed by atoms with Crippen LogP contribution in [-0.2, 0) is 4.79 Å². The zero-order valence-corrected chi connectivity index (χ0v) is 22.5. The molecule has 3 aromatic carbocycles. The monoisotopic (exact) mass is 537 g/mol. The number of rotatable bonds is 7. The molecule has 1 amide bonds. The van der Waals surface area contributed by atoms with E-state index in [4.69, 9.17) is 25.8 Å². The summed E-state index contributed by atoms with van der Waals surface area (Å²) in [5.41, 5.74) is 4.96. The van der Waals surface area contributed by atoms with Crippen LogP contribution in [0, 0.1) is 0 Å². The van der Waals surface area contributed by atoms with Crippen molar-refractivity contribution in [1.29, 1.82) is 0 Å². The van der Waals surface area contributed by atoms with Crippen molar-refractivity contribution in [3.63, 3.8) is 0 Å². The van der Waals surface area contributed by atoms with Crippen LogP contribution in [0.4, 0.5) is 5.69 Å². The van der Waals surface area contributed by atoms with E-state index in [0.717, 1.165) is 22.4 Å². The minimum atomic E-state index is -0.403. The number of amides is 1. The molecular formula is C31H27N3O4S. The van der Waals surface area contributed by atoms with E-state index in [0.29, 0.717) is 34.6 Å². The quantitative estimate of drug-likeness (QED) is 0.165. The maximum atomic E-state index is 12.5. The summed E-state index contributed by atoms with van der Waals surface area (Å²) in [7, 11) is 1.56. The molecule has 0 saturated heterocycles. The number of anilines is 1. The Bertz CT molecular complexity index is 1670. The molecule has 7 nitrogen and oxygen atoms in total. The highest BCUT2D eigenvalue weighted by molar-refractivity contribution is 7.80. The minimum Gasteiger partial charge on any atom is -0.495 e. The number of ether oxygens (including phenoxy) is 1. The Morgan fingerprint density at radius 1 is 0.974 bits per heavy atom. The summed E-state index contributed by atoms with van der Waals surface area (Å²) in [5.74, 6) is 2.29. The van der Waals surface area contributed by atoms with Crippen LogP contribution >= 0.6 is 12.2 Å². The van der Waals surface area contributed by atoms with Crippen molar-refractivity contribution in [3.05, 3.63) is 96.3 Å². The van der Waals surface area contributed by atoms with Crippen LogP contribution in [0.2, 0.25) is 0 Å². The highest BCUT2D eigenvalue weighted by atomic mass is 32.1. The number of oxazole rings is 1. The number of nitrogens with zero attached hydrogens (tertiary/aromatic N) is 1. The van der Waals surface area contributed by atoms with E-state index in [1.807, 2.05) is 66.7 Å². The maximum Gasteiger partial charge on any atom is 0.250 e. The first-order valence-electron chi connectivity index (χ1n) is 12.4. The molecule has 0 bridgehead atoms. The van der Waals surface area contributed by atoms with Crippen LogP contribution in [0.3, 0.4) is 0 Å². The molecule has 0 aliphatic carbocycles. The van der Waals surface area contributed by atoms with Gasteiger partial charge < -0.3 is 18.9 Å². The van der Waals surface area contributed by atoms with Gasteiger partial charge in [-0.1, -0.05) is 50.2 Å². The zero-order valence-electron chi connectivity index (χ0n) is 21.7. The SMILES string of the molecule is COc1ccc(-c2nc3cc(C(C)C)ccc3o2)cc1NC(=S)NC(=O)/C=C/c1ccc(-c2ccccc2)o1.